The lowest BCUT2D eigenvalue weighted by Crippen LogP contribution is -2.44. The lowest BCUT2D eigenvalue weighted by atomic mass is 10.1. The van der Waals surface area contributed by atoms with Crippen molar-refractivity contribution in [2.75, 3.05) is 46.8 Å². The molecule has 0 radical (unpaired) electrons. The summed E-state index contributed by atoms with van der Waals surface area (Å²) >= 11 is 0. The zero-order valence-electron chi connectivity index (χ0n) is 20.5. The van der Waals surface area contributed by atoms with E-state index in [1.165, 1.54) is 0 Å². The van der Waals surface area contributed by atoms with Crippen LogP contribution in [-0.2, 0) is 11.2 Å². The number of hydrogen-bond donors (Lipinski definition) is 2. The number of rotatable bonds is 9. The number of nitrogens with one attached hydrogen (secondary N) is 2. The Kier molecular flexibility index (Phi) is 14.0. The second-order valence-corrected chi connectivity index (χ2v) is 8.40. The summed E-state index contributed by atoms with van der Waals surface area (Å²) < 4.78 is 5.44. The molecule has 0 spiro atoms. The van der Waals surface area contributed by atoms with Gasteiger partial charge in [-0.25, -0.2) is 4.79 Å². The lowest BCUT2D eigenvalue weighted by Gasteiger charge is -2.26. The van der Waals surface area contributed by atoms with Gasteiger partial charge in [0.25, 0.3) is 5.91 Å². The molecule has 0 aliphatic carbocycles. The Labute approximate surface area is 210 Å². The van der Waals surface area contributed by atoms with Gasteiger partial charge in [-0.3, -0.25) is 9.79 Å². The number of likely N-dealkylation sites (N-methyl/N-ethyl adjacent to an activating group) is 1. The summed E-state index contributed by atoms with van der Waals surface area (Å²) in [5.74, 6) is 0.689. The Morgan fingerprint density at radius 1 is 1.12 bits per heavy atom. The SMILES string of the molecule is CCNC(=NCCc1cccc(C(=O)N(C)C)c1)NCCN(CC)C(=O)OC(C)(C)C.I. The first-order chi connectivity index (χ1) is 14.6. The summed E-state index contributed by atoms with van der Waals surface area (Å²) in [6, 6.07) is 7.64. The summed E-state index contributed by atoms with van der Waals surface area (Å²) in [6.07, 6.45) is 0.412. The molecule has 1 aromatic carbocycles. The number of amides is 2. The van der Waals surface area contributed by atoms with Gasteiger partial charge in [-0.1, -0.05) is 12.1 Å². The Bertz CT molecular complexity index is 747. The highest BCUT2D eigenvalue weighted by Crippen LogP contribution is 2.10. The monoisotopic (exact) mass is 561 g/mol. The molecule has 1 rings (SSSR count). The zero-order valence-corrected chi connectivity index (χ0v) is 22.9. The van der Waals surface area contributed by atoms with E-state index in [0.717, 1.165) is 18.5 Å². The fourth-order valence-corrected chi connectivity index (χ4v) is 2.77. The molecule has 0 unspecified atom stereocenters. The first-order valence-corrected chi connectivity index (χ1v) is 10.9. The smallest absolute Gasteiger partial charge is 0.410 e. The highest BCUT2D eigenvalue weighted by molar-refractivity contribution is 14.0. The van der Waals surface area contributed by atoms with Gasteiger partial charge in [0.15, 0.2) is 5.96 Å². The van der Waals surface area contributed by atoms with Crippen molar-refractivity contribution < 1.29 is 14.3 Å². The van der Waals surface area contributed by atoms with Crippen LogP contribution in [0.3, 0.4) is 0 Å². The molecule has 1 aromatic rings. The lowest BCUT2D eigenvalue weighted by molar-refractivity contribution is 0.0263. The first-order valence-electron chi connectivity index (χ1n) is 10.9. The van der Waals surface area contributed by atoms with Crippen molar-refractivity contribution in [3.05, 3.63) is 35.4 Å². The van der Waals surface area contributed by atoms with Crippen molar-refractivity contribution in [3.63, 3.8) is 0 Å². The van der Waals surface area contributed by atoms with Crippen molar-refractivity contribution in [1.29, 1.82) is 0 Å². The average Bonchev–Trinajstić information content (AvgIpc) is 2.69. The molecule has 182 valence electrons. The molecule has 2 amide bonds. The number of aliphatic imine (C=N–C) groups is 1. The highest BCUT2D eigenvalue weighted by atomic mass is 127. The number of benzene rings is 1. The van der Waals surface area contributed by atoms with Crippen LogP contribution in [0.15, 0.2) is 29.3 Å². The van der Waals surface area contributed by atoms with E-state index in [9.17, 15) is 9.59 Å². The summed E-state index contributed by atoms with van der Waals surface area (Å²) in [4.78, 5) is 32.2. The molecule has 9 heteroatoms. The van der Waals surface area contributed by atoms with Crippen LogP contribution in [0, 0.1) is 0 Å². The van der Waals surface area contributed by atoms with Crippen molar-refractivity contribution >= 4 is 41.9 Å². The van der Waals surface area contributed by atoms with Gasteiger partial charge in [-0.15, -0.1) is 24.0 Å². The van der Waals surface area contributed by atoms with Gasteiger partial charge in [-0.05, 0) is 58.7 Å². The van der Waals surface area contributed by atoms with Crippen molar-refractivity contribution in [3.8, 4) is 0 Å². The van der Waals surface area contributed by atoms with E-state index >= 15 is 0 Å². The van der Waals surface area contributed by atoms with E-state index in [1.54, 1.807) is 23.9 Å². The van der Waals surface area contributed by atoms with Crippen LogP contribution in [0.25, 0.3) is 0 Å². The number of ether oxygens (including phenoxy) is 1. The molecule has 0 heterocycles. The van der Waals surface area contributed by atoms with E-state index in [4.69, 9.17) is 4.74 Å². The van der Waals surface area contributed by atoms with Crippen LogP contribution in [0.1, 0.15) is 50.5 Å². The third-order valence-corrected chi connectivity index (χ3v) is 4.30. The van der Waals surface area contributed by atoms with Crippen LogP contribution >= 0.6 is 24.0 Å². The maximum absolute atomic E-state index is 12.2. The third kappa shape index (κ3) is 11.5. The van der Waals surface area contributed by atoms with Crippen LogP contribution in [0.5, 0.6) is 0 Å². The number of carbonyl (C=O) groups is 2. The first kappa shape index (κ1) is 30.0. The second-order valence-electron chi connectivity index (χ2n) is 8.40. The molecule has 0 fully saturated rings. The Balaban J connectivity index is 0.00000961. The van der Waals surface area contributed by atoms with Crippen LogP contribution in [0.2, 0.25) is 0 Å². The van der Waals surface area contributed by atoms with Gasteiger partial charge in [0.05, 0.1) is 0 Å². The van der Waals surface area contributed by atoms with E-state index in [1.807, 2.05) is 58.9 Å². The minimum Gasteiger partial charge on any atom is -0.444 e. The number of nitrogens with zero attached hydrogens (tertiary/aromatic N) is 3. The van der Waals surface area contributed by atoms with E-state index in [-0.39, 0.29) is 36.0 Å². The fraction of sp³-hybridized carbons (Fsp3) is 0.609. The Morgan fingerprint density at radius 2 is 1.81 bits per heavy atom. The number of guanidine groups is 1. The van der Waals surface area contributed by atoms with Gasteiger partial charge in [0.1, 0.15) is 5.60 Å². The molecule has 8 nitrogen and oxygen atoms in total. The van der Waals surface area contributed by atoms with Gasteiger partial charge < -0.3 is 25.2 Å². The maximum Gasteiger partial charge on any atom is 0.410 e. The molecule has 0 saturated heterocycles. The molecule has 0 saturated carbocycles. The van der Waals surface area contributed by atoms with Gasteiger partial charge in [0, 0.05) is 52.4 Å². The quantitative estimate of drug-likeness (QED) is 0.275. The largest absolute Gasteiger partial charge is 0.444 e. The van der Waals surface area contributed by atoms with Crippen molar-refractivity contribution in [1.82, 2.24) is 20.4 Å². The number of hydrogen-bond acceptors (Lipinski definition) is 4. The minimum absolute atomic E-state index is 0. The summed E-state index contributed by atoms with van der Waals surface area (Å²) in [5.41, 5.74) is 1.23. The van der Waals surface area contributed by atoms with Gasteiger partial charge in [-0.2, -0.15) is 0 Å². The summed E-state index contributed by atoms with van der Waals surface area (Å²) in [7, 11) is 3.49. The van der Waals surface area contributed by atoms with E-state index < -0.39 is 5.60 Å². The second kappa shape index (κ2) is 14.9. The predicted octanol–water partition coefficient (Wildman–Crippen LogP) is 3.36. The Hall–Kier alpha value is -2.04. The van der Waals surface area contributed by atoms with Crippen LogP contribution in [-0.4, -0.2) is 80.2 Å². The standard InChI is InChI=1S/C23H39N5O3.HI/c1-8-24-21(26-15-16-28(9-2)22(30)31-23(3,4)5)25-14-13-18-11-10-12-19(17-18)20(29)27(6)7;/h10-12,17H,8-9,13-16H2,1-7H3,(H2,24,25,26);1H. The molecular formula is C23H40IN5O3. The fourth-order valence-electron chi connectivity index (χ4n) is 2.77. The molecule has 0 aliphatic heterocycles. The molecule has 32 heavy (non-hydrogen) atoms. The molecule has 0 aromatic heterocycles. The topological polar surface area (TPSA) is 86.3 Å². The zero-order chi connectivity index (χ0) is 23.4. The normalized spacial score (nSPS) is 11.3. The predicted molar refractivity (Wildman–Crippen MR) is 141 cm³/mol. The number of carbonyl (C=O) groups excluding carboxylic acids is 2. The molecule has 2 N–H and O–H groups in total. The van der Waals surface area contributed by atoms with Crippen LogP contribution in [0.4, 0.5) is 4.79 Å². The Morgan fingerprint density at radius 3 is 2.38 bits per heavy atom. The summed E-state index contributed by atoms with van der Waals surface area (Å²) in [5, 5.41) is 6.48. The molecule has 0 aliphatic rings. The molecular weight excluding hydrogens is 521 g/mol. The van der Waals surface area contributed by atoms with Gasteiger partial charge >= 0.3 is 6.09 Å². The van der Waals surface area contributed by atoms with Crippen LogP contribution < -0.4 is 10.6 Å². The molecule has 0 bridgehead atoms. The minimum atomic E-state index is -0.511. The maximum atomic E-state index is 12.2. The summed E-state index contributed by atoms with van der Waals surface area (Å²) in [6.45, 7) is 12.5. The van der Waals surface area contributed by atoms with Crippen molar-refractivity contribution in [2.45, 2.75) is 46.6 Å². The highest BCUT2D eigenvalue weighted by Gasteiger charge is 2.20. The molecule has 0 atom stereocenters. The number of halogens is 1. The third-order valence-electron chi connectivity index (χ3n) is 4.30. The van der Waals surface area contributed by atoms with Crippen molar-refractivity contribution in [2.24, 2.45) is 4.99 Å². The van der Waals surface area contributed by atoms with E-state index in [0.29, 0.717) is 37.7 Å². The average molecular weight is 562 g/mol. The van der Waals surface area contributed by atoms with E-state index in [2.05, 4.69) is 15.6 Å². The van der Waals surface area contributed by atoms with Gasteiger partial charge in [0.2, 0.25) is 0 Å².